The molecule has 0 radical (unpaired) electrons. The first-order valence-electron chi connectivity index (χ1n) is 6.26. The van der Waals surface area contributed by atoms with Crippen molar-refractivity contribution in [3.63, 3.8) is 0 Å². The lowest BCUT2D eigenvalue weighted by molar-refractivity contribution is 0.0696. The maximum atomic E-state index is 12.2. The van der Waals surface area contributed by atoms with Crippen LogP contribution in [-0.2, 0) is 19.9 Å². The highest BCUT2D eigenvalue weighted by atomic mass is 32.2. The van der Waals surface area contributed by atoms with Crippen LogP contribution in [0.25, 0.3) is 0 Å². The summed E-state index contributed by atoms with van der Waals surface area (Å²) < 4.78 is 48.7. The number of carboxylic acids is 1. The van der Waals surface area contributed by atoms with Crippen molar-refractivity contribution in [3.05, 3.63) is 29.8 Å². The Morgan fingerprint density at radius 2 is 2.05 bits per heavy atom. The largest absolute Gasteiger partial charge is 0.478 e. The molecule has 0 aromatic heterocycles. The lowest BCUT2D eigenvalue weighted by Crippen LogP contribution is -2.31. The van der Waals surface area contributed by atoms with Crippen LogP contribution in [-0.4, -0.2) is 56.8 Å². The fraction of sp³-hybridized carbons (Fsp3) is 0.417. The number of carbonyl (C=O) groups is 1. The molecule has 0 saturated carbocycles. The van der Waals surface area contributed by atoms with E-state index in [9.17, 15) is 21.6 Å². The van der Waals surface area contributed by atoms with Crippen molar-refractivity contribution in [1.29, 1.82) is 0 Å². The average Bonchev–Trinajstić information content (AvgIpc) is 2.75. The summed E-state index contributed by atoms with van der Waals surface area (Å²) >= 11 is 0. The molecule has 0 amide bonds. The minimum Gasteiger partial charge on any atom is -0.478 e. The minimum atomic E-state index is -3.72. The normalized spacial score (nSPS) is 18.7. The third-order valence-corrected chi connectivity index (χ3v) is 6.90. The number of rotatable bonds is 5. The van der Waals surface area contributed by atoms with Gasteiger partial charge in [0.05, 0.1) is 22.0 Å². The SMILES string of the molecule is O=C(O)c1cccc(S(=O)(=O)CCN2CCCS2(=O)=O)c1. The Balaban J connectivity index is 2.15. The highest BCUT2D eigenvalue weighted by Gasteiger charge is 2.29. The van der Waals surface area contributed by atoms with Crippen LogP contribution < -0.4 is 0 Å². The van der Waals surface area contributed by atoms with Crippen molar-refractivity contribution in [2.75, 3.05) is 24.6 Å². The zero-order valence-corrected chi connectivity index (χ0v) is 12.7. The van der Waals surface area contributed by atoms with E-state index in [1.54, 1.807) is 0 Å². The second-order valence-corrected chi connectivity index (χ2v) is 8.92. The Kier molecular flexibility index (Phi) is 4.35. The second-order valence-electron chi connectivity index (χ2n) is 4.72. The smallest absolute Gasteiger partial charge is 0.335 e. The number of nitrogens with zero attached hydrogens (tertiary/aromatic N) is 1. The zero-order chi connectivity index (χ0) is 15.7. The first-order valence-corrected chi connectivity index (χ1v) is 9.52. The maximum absolute atomic E-state index is 12.2. The lowest BCUT2D eigenvalue weighted by atomic mass is 10.2. The lowest BCUT2D eigenvalue weighted by Gasteiger charge is -2.14. The standard InChI is InChI=1S/C12H15NO6S2/c14-12(15)10-3-1-4-11(9-10)20(16,17)8-6-13-5-2-7-21(13,18)19/h1,3-4,9H,2,5-8H2,(H,14,15). The Morgan fingerprint density at radius 1 is 1.33 bits per heavy atom. The Labute approximate surface area is 123 Å². The van der Waals surface area contributed by atoms with Gasteiger partial charge in [-0.05, 0) is 24.6 Å². The van der Waals surface area contributed by atoms with Crippen LogP contribution >= 0.6 is 0 Å². The van der Waals surface area contributed by atoms with E-state index in [1.807, 2.05) is 0 Å². The minimum absolute atomic E-state index is 0.0432. The number of hydrogen-bond acceptors (Lipinski definition) is 5. The van der Waals surface area contributed by atoms with E-state index in [1.165, 1.54) is 18.2 Å². The van der Waals surface area contributed by atoms with E-state index < -0.39 is 25.8 Å². The van der Waals surface area contributed by atoms with Crippen LogP contribution in [0.15, 0.2) is 29.2 Å². The zero-order valence-electron chi connectivity index (χ0n) is 11.1. The molecule has 0 unspecified atom stereocenters. The van der Waals surface area contributed by atoms with E-state index in [-0.39, 0.29) is 28.5 Å². The topological polar surface area (TPSA) is 109 Å². The second kappa shape index (κ2) is 5.74. The predicted molar refractivity (Wildman–Crippen MR) is 75.4 cm³/mol. The molecule has 1 heterocycles. The molecule has 1 aliphatic heterocycles. The fourth-order valence-electron chi connectivity index (χ4n) is 2.10. The third kappa shape index (κ3) is 3.60. The van der Waals surface area contributed by atoms with Gasteiger partial charge in [0.25, 0.3) is 0 Å². The molecule has 1 fully saturated rings. The van der Waals surface area contributed by atoms with E-state index in [0.29, 0.717) is 13.0 Å². The van der Waals surface area contributed by atoms with Crippen molar-refractivity contribution in [2.24, 2.45) is 0 Å². The number of carboxylic acid groups (broad SMARTS) is 1. The molecule has 0 bridgehead atoms. The van der Waals surface area contributed by atoms with E-state index >= 15 is 0 Å². The molecule has 1 saturated heterocycles. The van der Waals surface area contributed by atoms with Crippen molar-refractivity contribution in [2.45, 2.75) is 11.3 Å². The van der Waals surface area contributed by atoms with E-state index in [4.69, 9.17) is 5.11 Å². The molecule has 9 heteroatoms. The first kappa shape index (κ1) is 15.9. The summed E-state index contributed by atoms with van der Waals surface area (Å²) in [7, 11) is -7.06. The number of sulfone groups is 1. The van der Waals surface area contributed by atoms with Crippen LogP contribution in [0, 0.1) is 0 Å². The number of sulfonamides is 1. The van der Waals surface area contributed by atoms with Crippen molar-refractivity contribution >= 4 is 25.8 Å². The van der Waals surface area contributed by atoms with Crippen LogP contribution in [0.4, 0.5) is 0 Å². The van der Waals surface area contributed by atoms with E-state index in [0.717, 1.165) is 10.4 Å². The Bertz CT molecular complexity index is 754. The quantitative estimate of drug-likeness (QED) is 0.824. The van der Waals surface area contributed by atoms with Gasteiger partial charge in [0.1, 0.15) is 0 Å². The van der Waals surface area contributed by atoms with Gasteiger partial charge in [0.2, 0.25) is 10.0 Å². The van der Waals surface area contributed by atoms with Gasteiger partial charge in [0, 0.05) is 13.1 Å². The van der Waals surface area contributed by atoms with Gasteiger partial charge in [0.15, 0.2) is 9.84 Å². The molecule has 0 spiro atoms. The van der Waals surface area contributed by atoms with Gasteiger partial charge in [-0.3, -0.25) is 0 Å². The molecule has 1 aromatic rings. The monoisotopic (exact) mass is 333 g/mol. The van der Waals surface area contributed by atoms with Gasteiger partial charge in [-0.25, -0.2) is 25.9 Å². The number of aromatic carboxylic acids is 1. The van der Waals surface area contributed by atoms with E-state index in [2.05, 4.69) is 0 Å². The van der Waals surface area contributed by atoms with Crippen molar-refractivity contribution in [3.8, 4) is 0 Å². The Hall–Kier alpha value is -1.45. The number of benzene rings is 1. The highest BCUT2D eigenvalue weighted by Crippen LogP contribution is 2.17. The summed E-state index contributed by atoms with van der Waals surface area (Å²) in [6.45, 7) is 0.217. The predicted octanol–water partition coefficient (Wildman–Crippen LogP) is 0.194. The molecular formula is C12H15NO6S2. The fourth-order valence-corrected chi connectivity index (χ4v) is 5.04. The van der Waals surface area contributed by atoms with Gasteiger partial charge < -0.3 is 5.11 Å². The van der Waals surface area contributed by atoms with Crippen molar-refractivity contribution < 1.29 is 26.7 Å². The molecule has 21 heavy (non-hydrogen) atoms. The average molecular weight is 333 g/mol. The molecular weight excluding hydrogens is 318 g/mol. The summed E-state index contributed by atoms with van der Waals surface area (Å²) in [5.41, 5.74) is -0.120. The molecule has 7 nitrogen and oxygen atoms in total. The molecule has 1 aliphatic rings. The van der Waals surface area contributed by atoms with Gasteiger partial charge in [-0.1, -0.05) is 6.07 Å². The molecule has 1 N–H and O–H groups in total. The maximum Gasteiger partial charge on any atom is 0.335 e. The first-order chi connectivity index (χ1) is 9.72. The molecule has 0 atom stereocenters. The van der Waals surface area contributed by atoms with Gasteiger partial charge in [-0.15, -0.1) is 0 Å². The molecule has 0 aliphatic carbocycles. The molecule has 116 valence electrons. The summed E-state index contributed by atoms with van der Waals surface area (Å²) in [4.78, 5) is 10.7. The summed E-state index contributed by atoms with van der Waals surface area (Å²) in [6, 6.07) is 5.03. The van der Waals surface area contributed by atoms with Crippen LogP contribution in [0.2, 0.25) is 0 Å². The highest BCUT2D eigenvalue weighted by molar-refractivity contribution is 7.91. The Morgan fingerprint density at radius 3 is 2.62 bits per heavy atom. The van der Waals surface area contributed by atoms with Gasteiger partial charge >= 0.3 is 5.97 Å². The van der Waals surface area contributed by atoms with Crippen LogP contribution in [0.5, 0.6) is 0 Å². The molecule has 1 aromatic carbocycles. The molecule has 2 rings (SSSR count). The van der Waals surface area contributed by atoms with Crippen LogP contribution in [0.1, 0.15) is 16.8 Å². The van der Waals surface area contributed by atoms with Gasteiger partial charge in [-0.2, -0.15) is 0 Å². The van der Waals surface area contributed by atoms with Crippen LogP contribution in [0.3, 0.4) is 0 Å². The summed E-state index contributed by atoms with van der Waals surface area (Å²) in [5, 5.41) is 8.86. The summed E-state index contributed by atoms with van der Waals surface area (Å²) in [6.07, 6.45) is 0.497. The summed E-state index contributed by atoms with van der Waals surface area (Å²) in [5.74, 6) is -1.54. The third-order valence-electron chi connectivity index (χ3n) is 3.25. The number of hydrogen-bond donors (Lipinski definition) is 1. The van der Waals surface area contributed by atoms with Crippen molar-refractivity contribution in [1.82, 2.24) is 4.31 Å².